The van der Waals surface area contributed by atoms with Crippen LogP contribution >= 0.6 is 11.6 Å². The van der Waals surface area contributed by atoms with E-state index in [-0.39, 0.29) is 5.91 Å². The van der Waals surface area contributed by atoms with Crippen molar-refractivity contribution in [1.82, 2.24) is 4.98 Å². The quantitative estimate of drug-likeness (QED) is 0.864. The monoisotopic (exact) mass is 289 g/mol. The van der Waals surface area contributed by atoms with Crippen LogP contribution in [0.5, 0.6) is 0 Å². The molecular weight excluding hydrogens is 274 g/mol. The van der Waals surface area contributed by atoms with E-state index < -0.39 is 0 Å². The molecule has 0 atom stereocenters. The average Bonchev–Trinajstić information content (AvgIpc) is 2.40. The van der Waals surface area contributed by atoms with Crippen molar-refractivity contribution in [2.24, 2.45) is 0 Å². The van der Waals surface area contributed by atoms with E-state index in [4.69, 9.17) is 17.3 Å². The molecule has 104 valence electrons. The average molecular weight is 290 g/mol. The zero-order chi connectivity index (χ0) is 14.9. The number of nitrogens with two attached hydrogens (primary N) is 1. The first-order valence-electron chi connectivity index (χ1n) is 6.17. The summed E-state index contributed by atoms with van der Waals surface area (Å²) in [7, 11) is 1.67. The minimum atomic E-state index is -0.163. The van der Waals surface area contributed by atoms with Crippen LogP contribution in [0.4, 0.5) is 11.4 Å². The summed E-state index contributed by atoms with van der Waals surface area (Å²) in [5, 5.41) is 0.535. The standard InChI is InChI=1S/C15H16ClN3O/c1-9-4-6-12(10(2)18-9)15(20)19(3)14-8-11(16)5-7-13(14)17/h4-8H,17H2,1-3H3. The fraction of sp³-hybridized carbons (Fsp3) is 0.200. The van der Waals surface area contributed by atoms with Gasteiger partial charge in [-0.3, -0.25) is 9.78 Å². The molecule has 5 heteroatoms. The molecule has 0 bridgehead atoms. The lowest BCUT2D eigenvalue weighted by molar-refractivity contribution is 0.0992. The molecule has 0 radical (unpaired) electrons. The van der Waals surface area contributed by atoms with Crippen LogP contribution < -0.4 is 10.6 Å². The molecular formula is C15H16ClN3O. The number of aryl methyl sites for hydroxylation is 2. The Hall–Kier alpha value is -2.07. The molecule has 2 aromatic rings. The fourth-order valence-corrected chi connectivity index (χ4v) is 2.18. The van der Waals surface area contributed by atoms with Crippen molar-refractivity contribution in [3.63, 3.8) is 0 Å². The predicted octanol–water partition coefficient (Wildman–Crippen LogP) is 3.21. The third-order valence-electron chi connectivity index (χ3n) is 3.11. The number of hydrogen-bond acceptors (Lipinski definition) is 3. The Morgan fingerprint density at radius 1 is 1.25 bits per heavy atom. The summed E-state index contributed by atoms with van der Waals surface area (Å²) in [5.41, 5.74) is 9.12. The number of nitrogens with zero attached hydrogens (tertiary/aromatic N) is 2. The van der Waals surface area contributed by atoms with Gasteiger partial charge in [0.1, 0.15) is 0 Å². The van der Waals surface area contributed by atoms with Gasteiger partial charge in [0.05, 0.1) is 22.6 Å². The van der Waals surface area contributed by atoms with Gasteiger partial charge in [0, 0.05) is 17.8 Å². The van der Waals surface area contributed by atoms with Crippen LogP contribution in [0.15, 0.2) is 30.3 Å². The molecule has 1 aromatic heterocycles. The predicted molar refractivity (Wildman–Crippen MR) is 82.3 cm³/mol. The molecule has 2 rings (SSSR count). The number of hydrogen-bond donors (Lipinski definition) is 1. The minimum Gasteiger partial charge on any atom is -0.397 e. The van der Waals surface area contributed by atoms with Gasteiger partial charge in [0.25, 0.3) is 5.91 Å². The second kappa shape index (κ2) is 5.51. The van der Waals surface area contributed by atoms with Crippen molar-refractivity contribution in [3.05, 3.63) is 52.3 Å². The number of carbonyl (C=O) groups excluding carboxylic acids is 1. The maximum Gasteiger partial charge on any atom is 0.259 e. The molecule has 1 heterocycles. The van der Waals surface area contributed by atoms with E-state index in [1.54, 1.807) is 31.3 Å². The van der Waals surface area contributed by atoms with Gasteiger partial charge in [-0.1, -0.05) is 11.6 Å². The summed E-state index contributed by atoms with van der Waals surface area (Å²) in [6.45, 7) is 3.70. The SMILES string of the molecule is Cc1ccc(C(=O)N(C)c2cc(Cl)ccc2N)c(C)n1. The summed E-state index contributed by atoms with van der Waals surface area (Å²) in [6, 6.07) is 8.64. The van der Waals surface area contributed by atoms with Crippen LogP contribution in [0.1, 0.15) is 21.7 Å². The molecule has 0 aliphatic carbocycles. The molecule has 0 unspecified atom stereocenters. The second-order valence-corrected chi connectivity index (χ2v) is 5.09. The molecule has 0 aliphatic heterocycles. The van der Waals surface area contributed by atoms with Crippen LogP contribution in [-0.2, 0) is 0 Å². The van der Waals surface area contributed by atoms with Crippen LogP contribution in [0.25, 0.3) is 0 Å². The molecule has 20 heavy (non-hydrogen) atoms. The fourth-order valence-electron chi connectivity index (χ4n) is 2.01. The van der Waals surface area contributed by atoms with Crippen molar-refractivity contribution in [2.75, 3.05) is 17.7 Å². The van der Waals surface area contributed by atoms with E-state index in [2.05, 4.69) is 4.98 Å². The Morgan fingerprint density at radius 2 is 1.95 bits per heavy atom. The molecule has 4 nitrogen and oxygen atoms in total. The Labute approximate surface area is 123 Å². The number of aromatic nitrogens is 1. The lowest BCUT2D eigenvalue weighted by Gasteiger charge is -2.20. The molecule has 0 saturated heterocycles. The van der Waals surface area contributed by atoms with Gasteiger partial charge in [0.15, 0.2) is 0 Å². The van der Waals surface area contributed by atoms with Crippen LogP contribution in [-0.4, -0.2) is 17.9 Å². The first kappa shape index (κ1) is 14.3. The van der Waals surface area contributed by atoms with Crippen molar-refractivity contribution in [1.29, 1.82) is 0 Å². The summed E-state index contributed by atoms with van der Waals surface area (Å²) in [5.74, 6) is -0.163. The van der Waals surface area contributed by atoms with Crippen molar-refractivity contribution >= 4 is 28.9 Å². The topological polar surface area (TPSA) is 59.2 Å². The molecule has 1 aromatic carbocycles. The number of benzene rings is 1. The number of halogens is 1. The highest BCUT2D eigenvalue weighted by Crippen LogP contribution is 2.27. The first-order valence-corrected chi connectivity index (χ1v) is 6.55. The largest absolute Gasteiger partial charge is 0.397 e. The van der Waals surface area contributed by atoms with E-state index in [0.717, 1.165) is 5.69 Å². The highest BCUT2D eigenvalue weighted by molar-refractivity contribution is 6.31. The van der Waals surface area contributed by atoms with Gasteiger partial charge in [-0.05, 0) is 44.2 Å². The lowest BCUT2D eigenvalue weighted by atomic mass is 10.1. The van der Waals surface area contributed by atoms with E-state index in [9.17, 15) is 4.79 Å². The number of pyridine rings is 1. The number of carbonyl (C=O) groups is 1. The highest BCUT2D eigenvalue weighted by Gasteiger charge is 2.18. The van der Waals surface area contributed by atoms with E-state index in [0.29, 0.717) is 27.7 Å². The summed E-state index contributed by atoms with van der Waals surface area (Å²) < 4.78 is 0. The van der Waals surface area contributed by atoms with Crippen LogP contribution in [0, 0.1) is 13.8 Å². The molecule has 0 saturated carbocycles. The normalized spacial score (nSPS) is 10.4. The summed E-state index contributed by atoms with van der Waals surface area (Å²) in [6.07, 6.45) is 0. The zero-order valence-corrected chi connectivity index (χ0v) is 12.4. The van der Waals surface area contributed by atoms with E-state index in [1.807, 2.05) is 19.9 Å². The molecule has 1 amide bonds. The van der Waals surface area contributed by atoms with Gasteiger partial charge >= 0.3 is 0 Å². The smallest absolute Gasteiger partial charge is 0.259 e. The molecule has 0 fully saturated rings. The minimum absolute atomic E-state index is 0.163. The second-order valence-electron chi connectivity index (χ2n) is 4.65. The van der Waals surface area contributed by atoms with Gasteiger partial charge < -0.3 is 10.6 Å². The number of nitrogen functional groups attached to an aromatic ring is 1. The maximum atomic E-state index is 12.5. The van der Waals surface area contributed by atoms with Crippen molar-refractivity contribution < 1.29 is 4.79 Å². The van der Waals surface area contributed by atoms with Gasteiger partial charge in [-0.2, -0.15) is 0 Å². The zero-order valence-electron chi connectivity index (χ0n) is 11.6. The Balaban J connectivity index is 2.40. The number of anilines is 2. The van der Waals surface area contributed by atoms with E-state index >= 15 is 0 Å². The molecule has 2 N–H and O–H groups in total. The molecule has 0 spiro atoms. The Morgan fingerprint density at radius 3 is 2.60 bits per heavy atom. The summed E-state index contributed by atoms with van der Waals surface area (Å²) in [4.78, 5) is 18.3. The number of amides is 1. The van der Waals surface area contributed by atoms with E-state index in [1.165, 1.54) is 4.90 Å². The lowest BCUT2D eigenvalue weighted by Crippen LogP contribution is -2.28. The van der Waals surface area contributed by atoms with Crippen LogP contribution in [0.3, 0.4) is 0 Å². The van der Waals surface area contributed by atoms with Gasteiger partial charge in [-0.15, -0.1) is 0 Å². The molecule has 0 aliphatic rings. The summed E-state index contributed by atoms with van der Waals surface area (Å²) >= 11 is 5.96. The van der Waals surface area contributed by atoms with Crippen molar-refractivity contribution in [3.8, 4) is 0 Å². The van der Waals surface area contributed by atoms with Gasteiger partial charge in [-0.25, -0.2) is 0 Å². The Kier molecular flexibility index (Phi) is 3.95. The third kappa shape index (κ3) is 2.75. The highest BCUT2D eigenvalue weighted by atomic mass is 35.5. The van der Waals surface area contributed by atoms with Gasteiger partial charge in [0.2, 0.25) is 0 Å². The third-order valence-corrected chi connectivity index (χ3v) is 3.35. The number of rotatable bonds is 2. The maximum absolute atomic E-state index is 12.5. The Bertz CT molecular complexity index is 670. The van der Waals surface area contributed by atoms with Crippen LogP contribution in [0.2, 0.25) is 5.02 Å². The first-order chi connectivity index (χ1) is 9.40. The van der Waals surface area contributed by atoms with Crippen molar-refractivity contribution in [2.45, 2.75) is 13.8 Å².